The number of aromatic nitrogens is 2. The van der Waals surface area contributed by atoms with Crippen LogP contribution >= 0.6 is 23.2 Å². The van der Waals surface area contributed by atoms with Crippen LogP contribution < -0.4 is 10.9 Å². The molecule has 0 aliphatic rings. The molecule has 2 rings (SSSR count). The number of carbonyl (C=O) groups is 1. The van der Waals surface area contributed by atoms with E-state index in [0.717, 1.165) is 6.07 Å². The number of hydrogen-bond acceptors (Lipinski definition) is 7. The second-order valence-corrected chi connectivity index (χ2v) is 4.71. The lowest BCUT2D eigenvalue weighted by Gasteiger charge is -2.16. The summed E-state index contributed by atoms with van der Waals surface area (Å²) in [5, 5.41) is 11.4. The van der Waals surface area contributed by atoms with Crippen molar-refractivity contribution in [1.82, 2.24) is 9.97 Å². The van der Waals surface area contributed by atoms with Gasteiger partial charge in [-0.25, -0.2) is 15.6 Å². The second-order valence-electron chi connectivity index (χ2n) is 3.96. The predicted octanol–water partition coefficient (Wildman–Crippen LogP) is 2.68. The minimum atomic E-state index is -0.868. The van der Waals surface area contributed by atoms with E-state index in [2.05, 4.69) is 9.97 Å². The van der Waals surface area contributed by atoms with Gasteiger partial charge in [-0.2, -0.15) is 9.99 Å². The van der Waals surface area contributed by atoms with E-state index < -0.39 is 11.0 Å². The van der Waals surface area contributed by atoms with Gasteiger partial charge in [-0.1, -0.05) is 11.6 Å². The molecule has 1 heterocycles. The third-order valence-electron chi connectivity index (χ3n) is 2.61. The first-order chi connectivity index (χ1) is 10.3. The summed E-state index contributed by atoms with van der Waals surface area (Å²) < 4.78 is 4.76. The summed E-state index contributed by atoms with van der Waals surface area (Å²) in [6.07, 6.45) is -0.868. The van der Waals surface area contributed by atoms with Gasteiger partial charge in [0.15, 0.2) is 5.82 Å². The number of nitrogens with two attached hydrogens (primary N) is 1. The number of fused-ring (bicyclic) bond motifs is 1. The smallest absolute Gasteiger partial charge is 0.430 e. The van der Waals surface area contributed by atoms with Crippen molar-refractivity contribution in [3.8, 4) is 0 Å². The van der Waals surface area contributed by atoms with Gasteiger partial charge in [-0.15, -0.1) is 0 Å². The molecule has 1 aromatic heterocycles. The van der Waals surface area contributed by atoms with E-state index >= 15 is 0 Å². The summed E-state index contributed by atoms with van der Waals surface area (Å²) in [5.74, 6) is 5.56. The number of nitro benzene ring substituents is 1. The molecule has 1 aromatic carbocycles. The zero-order chi connectivity index (χ0) is 16.4. The average Bonchev–Trinajstić information content (AvgIpc) is 2.45. The van der Waals surface area contributed by atoms with Gasteiger partial charge in [0.05, 0.1) is 17.0 Å². The molecule has 1 amide bonds. The Morgan fingerprint density at radius 1 is 1.45 bits per heavy atom. The van der Waals surface area contributed by atoms with Crippen LogP contribution in [0.15, 0.2) is 12.1 Å². The number of nitro groups is 1. The van der Waals surface area contributed by atoms with Gasteiger partial charge in [0.1, 0.15) is 5.02 Å². The van der Waals surface area contributed by atoms with E-state index in [1.54, 1.807) is 6.92 Å². The van der Waals surface area contributed by atoms with Crippen molar-refractivity contribution >= 4 is 51.7 Å². The van der Waals surface area contributed by atoms with Crippen LogP contribution in [0.3, 0.4) is 0 Å². The molecule has 0 atom stereocenters. The van der Waals surface area contributed by atoms with E-state index in [4.69, 9.17) is 33.8 Å². The number of ether oxygens (including phenoxy) is 1. The topological polar surface area (TPSA) is 124 Å². The molecule has 0 radical (unpaired) electrons. The van der Waals surface area contributed by atoms with Crippen molar-refractivity contribution < 1.29 is 14.5 Å². The maximum atomic E-state index is 11.7. The van der Waals surface area contributed by atoms with E-state index in [-0.39, 0.29) is 39.3 Å². The average molecular weight is 346 g/mol. The monoisotopic (exact) mass is 345 g/mol. The number of halogens is 2. The van der Waals surface area contributed by atoms with E-state index in [9.17, 15) is 14.9 Å². The number of hydrazine groups is 1. The molecular weight excluding hydrogens is 337 g/mol. The number of amides is 1. The van der Waals surface area contributed by atoms with Crippen molar-refractivity contribution in [2.45, 2.75) is 6.92 Å². The normalized spacial score (nSPS) is 10.5. The summed E-state index contributed by atoms with van der Waals surface area (Å²) >= 11 is 11.6. The standard InChI is InChI=1S/C11H9Cl2N5O4/c1-2-22-11(19)17(14)9-5-3-6(12)8(18(20)21)4-7(5)15-10(13)16-9/h3-4H,2,14H2,1H3. The third kappa shape index (κ3) is 3.01. The number of carbonyl (C=O) groups excluding carboxylic acids is 1. The highest BCUT2D eigenvalue weighted by Gasteiger charge is 2.22. The summed E-state index contributed by atoms with van der Waals surface area (Å²) in [7, 11) is 0. The number of hydrogen-bond donors (Lipinski definition) is 1. The first-order valence-electron chi connectivity index (χ1n) is 5.88. The Bertz CT molecular complexity index is 770. The fourth-order valence-electron chi connectivity index (χ4n) is 1.70. The molecule has 2 aromatic rings. The maximum absolute atomic E-state index is 11.7. The molecule has 9 nitrogen and oxygen atoms in total. The lowest BCUT2D eigenvalue weighted by atomic mass is 10.2. The summed E-state index contributed by atoms with van der Waals surface area (Å²) in [6, 6.07) is 2.35. The Morgan fingerprint density at radius 3 is 2.73 bits per heavy atom. The summed E-state index contributed by atoms with van der Waals surface area (Å²) in [6.45, 7) is 1.71. The molecule has 0 saturated heterocycles. The Labute approximate surface area is 133 Å². The predicted molar refractivity (Wildman–Crippen MR) is 79.9 cm³/mol. The number of nitrogens with zero attached hydrogens (tertiary/aromatic N) is 4. The lowest BCUT2D eigenvalue weighted by Crippen LogP contribution is -2.38. The van der Waals surface area contributed by atoms with E-state index in [1.165, 1.54) is 6.07 Å². The Morgan fingerprint density at radius 2 is 2.14 bits per heavy atom. The number of benzene rings is 1. The minimum Gasteiger partial charge on any atom is -0.448 e. The van der Waals surface area contributed by atoms with Gasteiger partial charge >= 0.3 is 6.09 Å². The van der Waals surface area contributed by atoms with Gasteiger partial charge in [0, 0.05) is 11.5 Å². The molecule has 0 aliphatic carbocycles. The molecule has 116 valence electrons. The Kier molecular flexibility index (Phi) is 4.59. The quantitative estimate of drug-likeness (QED) is 0.298. The van der Waals surface area contributed by atoms with Gasteiger partial charge < -0.3 is 4.74 Å². The highest BCUT2D eigenvalue weighted by Crippen LogP contribution is 2.33. The van der Waals surface area contributed by atoms with Crippen molar-refractivity contribution in [3.05, 3.63) is 32.6 Å². The molecule has 0 unspecified atom stereocenters. The molecule has 11 heteroatoms. The minimum absolute atomic E-state index is 0.0785. The molecule has 0 fully saturated rings. The lowest BCUT2D eigenvalue weighted by molar-refractivity contribution is -0.384. The molecule has 0 spiro atoms. The largest absolute Gasteiger partial charge is 0.448 e. The summed E-state index contributed by atoms with van der Waals surface area (Å²) in [4.78, 5) is 29.6. The van der Waals surface area contributed by atoms with Crippen molar-refractivity contribution in [2.75, 3.05) is 11.6 Å². The van der Waals surface area contributed by atoms with Crippen LogP contribution in [-0.4, -0.2) is 27.6 Å². The Hall–Kier alpha value is -2.23. The van der Waals surface area contributed by atoms with E-state index in [0.29, 0.717) is 5.01 Å². The van der Waals surface area contributed by atoms with Gasteiger partial charge in [-0.05, 0) is 24.6 Å². The number of anilines is 1. The summed E-state index contributed by atoms with van der Waals surface area (Å²) in [5.41, 5.74) is -0.236. The fourth-order valence-corrected chi connectivity index (χ4v) is 2.10. The molecular formula is C11H9Cl2N5O4. The van der Waals surface area contributed by atoms with Crippen LogP contribution in [0.4, 0.5) is 16.3 Å². The van der Waals surface area contributed by atoms with Crippen LogP contribution in [0.2, 0.25) is 10.3 Å². The van der Waals surface area contributed by atoms with E-state index in [1.807, 2.05) is 0 Å². The molecule has 22 heavy (non-hydrogen) atoms. The van der Waals surface area contributed by atoms with Crippen LogP contribution in [-0.2, 0) is 4.74 Å². The number of rotatable bonds is 3. The molecule has 0 aliphatic heterocycles. The van der Waals surface area contributed by atoms with Crippen molar-refractivity contribution in [3.63, 3.8) is 0 Å². The fraction of sp³-hybridized carbons (Fsp3) is 0.182. The zero-order valence-electron chi connectivity index (χ0n) is 11.1. The molecule has 0 bridgehead atoms. The van der Waals surface area contributed by atoms with Crippen LogP contribution in [0.25, 0.3) is 10.9 Å². The van der Waals surface area contributed by atoms with Crippen molar-refractivity contribution in [1.29, 1.82) is 0 Å². The third-order valence-corrected chi connectivity index (χ3v) is 3.08. The SMILES string of the molecule is CCOC(=O)N(N)c1nc(Cl)nc2cc([N+](=O)[O-])c(Cl)cc12. The zero-order valence-corrected chi connectivity index (χ0v) is 12.6. The highest BCUT2D eigenvalue weighted by atomic mass is 35.5. The van der Waals surface area contributed by atoms with Crippen molar-refractivity contribution in [2.24, 2.45) is 5.84 Å². The molecule has 0 saturated carbocycles. The van der Waals surface area contributed by atoms with Gasteiger partial charge in [0.2, 0.25) is 5.28 Å². The van der Waals surface area contributed by atoms with Crippen LogP contribution in [0, 0.1) is 10.1 Å². The van der Waals surface area contributed by atoms with Crippen LogP contribution in [0.1, 0.15) is 6.92 Å². The second kappa shape index (κ2) is 6.26. The Balaban J connectivity index is 2.67. The van der Waals surface area contributed by atoms with Gasteiger partial charge in [-0.3, -0.25) is 10.1 Å². The first kappa shape index (κ1) is 16.1. The highest BCUT2D eigenvalue weighted by molar-refractivity contribution is 6.34. The van der Waals surface area contributed by atoms with Gasteiger partial charge in [0.25, 0.3) is 5.69 Å². The molecule has 2 N–H and O–H groups in total. The maximum Gasteiger partial charge on any atom is 0.430 e. The van der Waals surface area contributed by atoms with Crippen LogP contribution in [0.5, 0.6) is 0 Å². The first-order valence-corrected chi connectivity index (χ1v) is 6.63.